The summed E-state index contributed by atoms with van der Waals surface area (Å²) in [6.45, 7) is 0. The topological polar surface area (TPSA) is 64.9 Å². The van der Waals surface area contributed by atoms with Crippen molar-refractivity contribution in [2.45, 2.75) is 38.0 Å². The zero-order chi connectivity index (χ0) is 11.0. The van der Waals surface area contributed by atoms with Crippen LogP contribution in [0, 0.1) is 0 Å². The number of anilines is 1. The molecule has 2 N–H and O–H groups in total. The van der Waals surface area contributed by atoms with E-state index in [4.69, 9.17) is 10.2 Å². The van der Waals surface area contributed by atoms with Gasteiger partial charge < -0.3 is 10.2 Å². The van der Waals surface area contributed by atoms with Gasteiger partial charge in [0, 0.05) is 5.92 Å². The fraction of sp³-hybridized carbons (Fsp3) is 0.500. The zero-order valence-electron chi connectivity index (χ0n) is 9.15. The standard InChI is InChI=1S/C12H15N3O/c13-10-7-6-9-11(14-10)15-12(16-9)8-4-2-1-3-5-8/h6-8H,1-5H2,(H2,13,14). The molecule has 0 aromatic carbocycles. The highest BCUT2D eigenvalue weighted by Crippen LogP contribution is 2.33. The SMILES string of the molecule is Nc1ccc2oc(C3CCCCC3)nc2n1. The highest BCUT2D eigenvalue weighted by Gasteiger charge is 2.21. The smallest absolute Gasteiger partial charge is 0.200 e. The van der Waals surface area contributed by atoms with Crippen molar-refractivity contribution in [3.8, 4) is 0 Å². The van der Waals surface area contributed by atoms with Crippen LogP contribution in [-0.4, -0.2) is 9.97 Å². The Morgan fingerprint density at radius 3 is 2.75 bits per heavy atom. The maximum atomic E-state index is 5.73. The van der Waals surface area contributed by atoms with Gasteiger partial charge >= 0.3 is 0 Å². The van der Waals surface area contributed by atoms with E-state index in [2.05, 4.69) is 9.97 Å². The van der Waals surface area contributed by atoms with E-state index in [0.717, 1.165) is 11.5 Å². The molecular formula is C12H15N3O. The third kappa shape index (κ3) is 1.64. The van der Waals surface area contributed by atoms with Crippen LogP contribution in [0.1, 0.15) is 43.9 Å². The van der Waals surface area contributed by atoms with E-state index in [9.17, 15) is 0 Å². The molecule has 0 atom stereocenters. The van der Waals surface area contributed by atoms with Gasteiger partial charge in [0.2, 0.25) is 5.65 Å². The Hall–Kier alpha value is -1.58. The van der Waals surface area contributed by atoms with E-state index in [0.29, 0.717) is 17.4 Å². The van der Waals surface area contributed by atoms with Crippen LogP contribution in [-0.2, 0) is 0 Å². The predicted octanol–water partition coefficient (Wildman–Crippen LogP) is 2.85. The molecule has 0 spiro atoms. The van der Waals surface area contributed by atoms with Crippen molar-refractivity contribution in [1.82, 2.24) is 9.97 Å². The second kappa shape index (κ2) is 3.77. The van der Waals surface area contributed by atoms with E-state index >= 15 is 0 Å². The molecule has 2 heterocycles. The summed E-state index contributed by atoms with van der Waals surface area (Å²) in [6, 6.07) is 3.59. The van der Waals surface area contributed by atoms with Gasteiger partial charge in [-0.05, 0) is 25.0 Å². The average Bonchev–Trinajstić information content (AvgIpc) is 2.73. The summed E-state index contributed by atoms with van der Waals surface area (Å²) in [5.74, 6) is 1.81. The molecule has 4 heteroatoms. The summed E-state index contributed by atoms with van der Waals surface area (Å²) in [6.07, 6.45) is 6.25. The van der Waals surface area contributed by atoms with Crippen LogP contribution in [0.15, 0.2) is 16.5 Å². The molecule has 0 unspecified atom stereocenters. The van der Waals surface area contributed by atoms with Gasteiger partial charge in [0.05, 0.1) is 0 Å². The van der Waals surface area contributed by atoms with Crippen molar-refractivity contribution in [2.24, 2.45) is 0 Å². The first-order valence-corrected chi connectivity index (χ1v) is 5.86. The highest BCUT2D eigenvalue weighted by molar-refractivity contribution is 5.69. The number of nitrogen functional groups attached to an aromatic ring is 1. The van der Waals surface area contributed by atoms with Crippen molar-refractivity contribution >= 4 is 17.0 Å². The minimum absolute atomic E-state index is 0.476. The van der Waals surface area contributed by atoms with E-state index in [1.165, 1.54) is 32.1 Å². The van der Waals surface area contributed by atoms with Crippen molar-refractivity contribution in [3.05, 3.63) is 18.0 Å². The van der Waals surface area contributed by atoms with E-state index < -0.39 is 0 Å². The number of nitrogens with two attached hydrogens (primary N) is 1. The van der Waals surface area contributed by atoms with Crippen molar-refractivity contribution in [3.63, 3.8) is 0 Å². The summed E-state index contributed by atoms with van der Waals surface area (Å²) in [5, 5.41) is 0. The quantitative estimate of drug-likeness (QED) is 0.797. The molecule has 1 aliphatic rings. The normalized spacial score (nSPS) is 18.0. The van der Waals surface area contributed by atoms with Gasteiger partial charge in [0.15, 0.2) is 11.5 Å². The van der Waals surface area contributed by atoms with Crippen LogP contribution in [0.2, 0.25) is 0 Å². The summed E-state index contributed by atoms with van der Waals surface area (Å²) in [4.78, 5) is 8.60. The number of nitrogens with zero attached hydrogens (tertiary/aromatic N) is 2. The predicted molar refractivity (Wildman–Crippen MR) is 62.0 cm³/mol. The van der Waals surface area contributed by atoms with E-state index in [1.807, 2.05) is 6.07 Å². The Balaban J connectivity index is 1.97. The summed E-state index contributed by atoms with van der Waals surface area (Å²) >= 11 is 0. The van der Waals surface area contributed by atoms with Crippen molar-refractivity contribution in [2.75, 3.05) is 5.73 Å². The van der Waals surface area contributed by atoms with Gasteiger partial charge in [0.1, 0.15) is 5.82 Å². The Labute approximate surface area is 93.9 Å². The van der Waals surface area contributed by atoms with Gasteiger partial charge in [-0.3, -0.25) is 0 Å². The maximum absolute atomic E-state index is 5.73. The first-order chi connectivity index (χ1) is 7.83. The fourth-order valence-electron chi connectivity index (χ4n) is 2.37. The largest absolute Gasteiger partial charge is 0.439 e. The van der Waals surface area contributed by atoms with E-state index in [1.54, 1.807) is 6.07 Å². The van der Waals surface area contributed by atoms with Crippen molar-refractivity contribution in [1.29, 1.82) is 0 Å². The monoisotopic (exact) mass is 217 g/mol. The van der Waals surface area contributed by atoms with Crippen LogP contribution >= 0.6 is 0 Å². The summed E-state index contributed by atoms with van der Waals surface area (Å²) < 4.78 is 5.73. The lowest BCUT2D eigenvalue weighted by atomic mass is 9.89. The average molecular weight is 217 g/mol. The molecule has 2 aromatic rings. The number of hydrogen-bond donors (Lipinski definition) is 1. The molecule has 0 radical (unpaired) electrons. The number of aromatic nitrogens is 2. The Morgan fingerprint density at radius 2 is 1.94 bits per heavy atom. The first-order valence-electron chi connectivity index (χ1n) is 5.86. The van der Waals surface area contributed by atoms with Crippen LogP contribution in [0.3, 0.4) is 0 Å². The van der Waals surface area contributed by atoms with Crippen LogP contribution < -0.4 is 5.73 Å². The minimum Gasteiger partial charge on any atom is -0.439 e. The highest BCUT2D eigenvalue weighted by atomic mass is 16.3. The Kier molecular flexibility index (Phi) is 2.27. The van der Waals surface area contributed by atoms with Gasteiger partial charge in [-0.15, -0.1) is 0 Å². The summed E-state index contributed by atoms with van der Waals surface area (Å²) in [5.41, 5.74) is 7.00. The number of hydrogen-bond acceptors (Lipinski definition) is 4. The Morgan fingerprint density at radius 1 is 1.12 bits per heavy atom. The lowest BCUT2D eigenvalue weighted by Gasteiger charge is -2.17. The molecule has 0 aliphatic heterocycles. The second-order valence-electron chi connectivity index (χ2n) is 4.44. The maximum Gasteiger partial charge on any atom is 0.200 e. The third-order valence-electron chi connectivity index (χ3n) is 3.25. The first kappa shape index (κ1) is 9.63. The molecule has 4 nitrogen and oxygen atoms in total. The number of rotatable bonds is 1. The molecule has 1 fully saturated rings. The molecule has 0 bridgehead atoms. The molecule has 3 rings (SSSR count). The van der Waals surface area contributed by atoms with Gasteiger partial charge in [-0.25, -0.2) is 4.98 Å². The third-order valence-corrected chi connectivity index (χ3v) is 3.25. The lowest BCUT2D eigenvalue weighted by Crippen LogP contribution is -2.04. The molecule has 1 saturated carbocycles. The van der Waals surface area contributed by atoms with Gasteiger partial charge in [0.25, 0.3) is 0 Å². The lowest BCUT2D eigenvalue weighted by molar-refractivity contribution is 0.373. The molecule has 2 aromatic heterocycles. The zero-order valence-corrected chi connectivity index (χ0v) is 9.15. The van der Waals surface area contributed by atoms with Crippen LogP contribution in [0.25, 0.3) is 11.2 Å². The molecule has 1 aliphatic carbocycles. The molecule has 0 saturated heterocycles. The van der Waals surface area contributed by atoms with Crippen LogP contribution in [0.4, 0.5) is 5.82 Å². The molecule has 16 heavy (non-hydrogen) atoms. The molecule has 84 valence electrons. The fourth-order valence-corrected chi connectivity index (χ4v) is 2.37. The minimum atomic E-state index is 0.476. The van der Waals surface area contributed by atoms with E-state index in [-0.39, 0.29) is 0 Å². The van der Waals surface area contributed by atoms with Crippen LogP contribution in [0.5, 0.6) is 0 Å². The van der Waals surface area contributed by atoms with Gasteiger partial charge in [-0.1, -0.05) is 19.3 Å². The number of fused-ring (bicyclic) bond motifs is 1. The summed E-state index contributed by atoms with van der Waals surface area (Å²) in [7, 11) is 0. The second-order valence-corrected chi connectivity index (χ2v) is 4.44. The number of oxazole rings is 1. The number of pyridine rings is 1. The Bertz CT molecular complexity index is 500. The molecule has 0 amide bonds. The van der Waals surface area contributed by atoms with Gasteiger partial charge in [-0.2, -0.15) is 4.98 Å². The van der Waals surface area contributed by atoms with Crippen molar-refractivity contribution < 1.29 is 4.42 Å². The molecular weight excluding hydrogens is 202 g/mol.